The Kier molecular flexibility index (Phi) is 4.78. The molecule has 0 amide bonds. The lowest BCUT2D eigenvalue weighted by Crippen LogP contribution is -2.12. The fourth-order valence-corrected chi connectivity index (χ4v) is 2.93. The van der Waals surface area contributed by atoms with Crippen molar-refractivity contribution in [3.8, 4) is 0 Å². The van der Waals surface area contributed by atoms with E-state index in [0.717, 1.165) is 5.56 Å². The highest BCUT2D eigenvalue weighted by molar-refractivity contribution is 6.42. The Labute approximate surface area is 148 Å². The molecular weight excluding hydrogens is 352 g/mol. The summed E-state index contributed by atoms with van der Waals surface area (Å²) >= 11 is 12.0. The van der Waals surface area contributed by atoms with Crippen LogP contribution in [0.3, 0.4) is 0 Å². The fourth-order valence-electron chi connectivity index (χ4n) is 2.61. The quantitative estimate of drug-likeness (QED) is 0.586. The highest BCUT2D eigenvalue weighted by atomic mass is 35.5. The molecule has 0 fully saturated rings. The Morgan fingerprint density at radius 2 is 1.96 bits per heavy atom. The van der Waals surface area contributed by atoms with E-state index in [9.17, 15) is 9.18 Å². The van der Waals surface area contributed by atoms with Gasteiger partial charge in [-0.25, -0.2) is 9.18 Å². The van der Waals surface area contributed by atoms with E-state index >= 15 is 0 Å². The molecule has 3 nitrogen and oxygen atoms in total. The maximum atomic E-state index is 14.1. The van der Waals surface area contributed by atoms with Crippen LogP contribution in [0.1, 0.15) is 23.0 Å². The minimum absolute atomic E-state index is 0.246. The first-order valence-corrected chi connectivity index (χ1v) is 8.15. The van der Waals surface area contributed by atoms with Gasteiger partial charge in [0, 0.05) is 11.9 Å². The molecule has 24 heavy (non-hydrogen) atoms. The Balaban J connectivity index is 2.13. The molecule has 3 rings (SSSR count). The van der Waals surface area contributed by atoms with Crippen molar-refractivity contribution in [2.75, 3.05) is 6.61 Å². The summed E-state index contributed by atoms with van der Waals surface area (Å²) in [7, 11) is 0. The molecule has 2 aromatic carbocycles. The fraction of sp³-hybridized carbons (Fsp3) is 0.167. The van der Waals surface area contributed by atoms with Crippen LogP contribution in [0.4, 0.5) is 4.39 Å². The first-order chi connectivity index (χ1) is 11.5. The molecule has 0 radical (unpaired) electrons. The standard InChI is InChI=1S/C18H14Cl2FNO2/c1-2-24-18(23)17-9-12-15(21)4-3-5-16(12)22(17)10-11-6-7-13(19)14(20)8-11/h3-9H,2,10H2,1H3. The van der Waals surface area contributed by atoms with Crippen LogP contribution in [0.25, 0.3) is 10.9 Å². The molecule has 124 valence electrons. The number of nitrogens with zero attached hydrogens (tertiary/aromatic N) is 1. The number of halogens is 3. The zero-order valence-electron chi connectivity index (χ0n) is 12.9. The molecule has 0 aliphatic heterocycles. The molecule has 0 aliphatic carbocycles. The molecule has 1 heterocycles. The smallest absolute Gasteiger partial charge is 0.354 e. The Morgan fingerprint density at radius 1 is 1.17 bits per heavy atom. The zero-order valence-corrected chi connectivity index (χ0v) is 14.4. The minimum atomic E-state index is -0.492. The van der Waals surface area contributed by atoms with E-state index in [4.69, 9.17) is 27.9 Å². The van der Waals surface area contributed by atoms with Crippen LogP contribution in [0.15, 0.2) is 42.5 Å². The number of hydrogen-bond acceptors (Lipinski definition) is 2. The van der Waals surface area contributed by atoms with Crippen molar-refractivity contribution < 1.29 is 13.9 Å². The third-order valence-electron chi connectivity index (χ3n) is 3.70. The molecular formula is C18H14Cl2FNO2. The minimum Gasteiger partial charge on any atom is -0.461 e. The predicted molar refractivity (Wildman–Crippen MR) is 93.4 cm³/mol. The van der Waals surface area contributed by atoms with Gasteiger partial charge in [0.15, 0.2) is 0 Å². The number of aromatic nitrogens is 1. The van der Waals surface area contributed by atoms with Gasteiger partial charge in [-0.05, 0) is 42.8 Å². The second-order valence-corrected chi connectivity index (χ2v) is 6.07. The van der Waals surface area contributed by atoms with Crippen LogP contribution < -0.4 is 0 Å². The highest BCUT2D eigenvalue weighted by Crippen LogP contribution is 2.27. The first kappa shape index (κ1) is 16.8. The average molecular weight is 366 g/mol. The Hall–Kier alpha value is -2.04. The van der Waals surface area contributed by atoms with Gasteiger partial charge in [0.05, 0.1) is 22.2 Å². The van der Waals surface area contributed by atoms with E-state index < -0.39 is 5.97 Å². The largest absolute Gasteiger partial charge is 0.461 e. The average Bonchev–Trinajstić information content (AvgIpc) is 2.91. The van der Waals surface area contributed by atoms with Gasteiger partial charge in [0.25, 0.3) is 0 Å². The highest BCUT2D eigenvalue weighted by Gasteiger charge is 2.18. The summed E-state index contributed by atoms with van der Waals surface area (Å²) in [6, 6.07) is 11.5. The summed E-state index contributed by atoms with van der Waals surface area (Å²) in [6.45, 7) is 2.32. The van der Waals surface area contributed by atoms with Crippen molar-refractivity contribution >= 4 is 40.1 Å². The summed E-state index contributed by atoms with van der Waals surface area (Å²) in [4.78, 5) is 12.2. The molecule has 3 aromatic rings. The molecule has 1 aromatic heterocycles. The van der Waals surface area contributed by atoms with Crippen molar-refractivity contribution in [1.29, 1.82) is 0 Å². The Morgan fingerprint density at radius 3 is 2.67 bits per heavy atom. The van der Waals surface area contributed by atoms with Gasteiger partial charge < -0.3 is 9.30 Å². The van der Waals surface area contributed by atoms with Crippen molar-refractivity contribution in [2.45, 2.75) is 13.5 Å². The molecule has 0 spiro atoms. The summed E-state index contributed by atoms with van der Waals surface area (Å²) in [6.07, 6.45) is 0. The summed E-state index contributed by atoms with van der Waals surface area (Å²) < 4.78 is 20.9. The van der Waals surface area contributed by atoms with Crippen molar-refractivity contribution in [2.24, 2.45) is 0 Å². The second-order valence-electron chi connectivity index (χ2n) is 5.26. The topological polar surface area (TPSA) is 31.2 Å². The molecule has 0 aliphatic rings. The molecule has 6 heteroatoms. The van der Waals surface area contributed by atoms with Crippen molar-refractivity contribution in [3.05, 3.63) is 69.6 Å². The van der Waals surface area contributed by atoms with E-state index in [-0.39, 0.29) is 12.4 Å². The van der Waals surface area contributed by atoms with Gasteiger partial charge in [-0.2, -0.15) is 0 Å². The molecule has 0 saturated carbocycles. The molecule has 0 atom stereocenters. The van der Waals surface area contributed by atoms with Crippen LogP contribution in [-0.2, 0) is 11.3 Å². The van der Waals surface area contributed by atoms with E-state index in [1.807, 2.05) is 6.07 Å². The van der Waals surface area contributed by atoms with E-state index in [1.54, 1.807) is 35.8 Å². The summed E-state index contributed by atoms with van der Waals surface area (Å²) in [5.74, 6) is -0.876. The first-order valence-electron chi connectivity index (χ1n) is 7.40. The maximum Gasteiger partial charge on any atom is 0.354 e. The third-order valence-corrected chi connectivity index (χ3v) is 4.44. The molecule has 0 saturated heterocycles. The van der Waals surface area contributed by atoms with Gasteiger partial charge in [-0.15, -0.1) is 0 Å². The third kappa shape index (κ3) is 3.12. The molecule has 0 N–H and O–H groups in total. The van der Waals surface area contributed by atoms with E-state index in [1.165, 1.54) is 12.1 Å². The van der Waals surface area contributed by atoms with Gasteiger partial charge in [0.1, 0.15) is 11.5 Å². The van der Waals surface area contributed by atoms with Crippen LogP contribution in [0, 0.1) is 5.82 Å². The molecule has 0 bridgehead atoms. The second kappa shape index (κ2) is 6.83. The lowest BCUT2D eigenvalue weighted by molar-refractivity contribution is 0.0515. The number of hydrogen-bond donors (Lipinski definition) is 0. The summed E-state index contributed by atoms with van der Waals surface area (Å²) in [5.41, 5.74) is 1.75. The number of fused-ring (bicyclic) bond motifs is 1. The predicted octanol–water partition coefficient (Wildman–Crippen LogP) is 5.31. The molecule has 0 unspecified atom stereocenters. The van der Waals surface area contributed by atoms with E-state index in [2.05, 4.69) is 0 Å². The number of benzene rings is 2. The van der Waals surface area contributed by atoms with E-state index in [0.29, 0.717) is 33.2 Å². The normalized spacial score (nSPS) is 11.0. The number of esters is 1. The Bertz CT molecular complexity index is 921. The number of ether oxygens (including phenoxy) is 1. The van der Waals surface area contributed by atoms with Crippen LogP contribution >= 0.6 is 23.2 Å². The monoisotopic (exact) mass is 365 g/mol. The van der Waals surface area contributed by atoms with Crippen LogP contribution in [0.5, 0.6) is 0 Å². The SMILES string of the molecule is CCOC(=O)c1cc2c(F)cccc2n1Cc1ccc(Cl)c(Cl)c1. The number of carbonyl (C=O) groups excluding carboxylic acids is 1. The number of carbonyl (C=O) groups is 1. The van der Waals surface area contributed by atoms with Crippen LogP contribution in [-0.4, -0.2) is 17.1 Å². The summed E-state index contributed by atoms with van der Waals surface area (Å²) in [5, 5.41) is 1.25. The lowest BCUT2D eigenvalue weighted by Gasteiger charge is -2.11. The van der Waals surface area contributed by atoms with Gasteiger partial charge in [-0.1, -0.05) is 35.3 Å². The van der Waals surface area contributed by atoms with Crippen molar-refractivity contribution in [1.82, 2.24) is 4.57 Å². The van der Waals surface area contributed by atoms with Gasteiger partial charge in [0.2, 0.25) is 0 Å². The lowest BCUT2D eigenvalue weighted by atomic mass is 10.2. The number of rotatable bonds is 4. The van der Waals surface area contributed by atoms with Gasteiger partial charge >= 0.3 is 5.97 Å². The zero-order chi connectivity index (χ0) is 17.3. The maximum absolute atomic E-state index is 14.1. The van der Waals surface area contributed by atoms with Gasteiger partial charge in [-0.3, -0.25) is 0 Å². The van der Waals surface area contributed by atoms with Crippen LogP contribution in [0.2, 0.25) is 10.0 Å². The van der Waals surface area contributed by atoms with Crippen molar-refractivity contribution in [3.63, 3.8) is 0 Å².